The summed E-state index contributed by atoms with van der Waals surface area (Å²) < 4.78 is 36.3. The van der Waals surface area contributed by atoms with Crippen LogP contribution in [0.5, 0.6) is 0 Å². The summed E-state index contributed by atoms with van der Waals surface area (Å²) >= 11 is 1.50. The molecular formula is C10H15F3N2S. The van der Waals surface area contributed by atoms with Crippen molar-refractivity contribution in [2.45, 2.75) is 45.5 Å². The van der Waals surface area contributed by atoms with Gasteiger partial charge in [0.25, 0.3) is 0 Å². The second-order valence-electron chi connectivity index (χ2n) is 3.92. The zero-order valence-electron chi connectivity index (χ0n) is 9.43. The van der Waals surface area contributed by atoms with Gasteiger partial charge in [0, 0.05) is 17.1 Å². The Morgan fingerprint density at radius 2 is 2.06 bits per heavy atom. The van der Waals surface area contributed by atoms with Crippen molar-refractivity contribution < 1.29 is 13.2 Å². The van der Waals surface area contributed by atoms with Gasteiger partial charge in [-0.05, 0) is 20.8 Å². The standard InChI is InChI=1S/C10H15F3N2S/c1-6(4-10(11,12)13)15-8(3)9-14-5-7(2)16-9/h5-6,8,15H,4H2,1-3H3. The third-order valence-corrected chi connectivity index (χ3v) is 3.18. The molecule has 2 nitrogen and oxygen atoms in total. The van der Waals surface area contributed by atoms with Crippen LogP contribution in [0.4, 0.5) is 13.2 Å². The maximum Gasteiger partial charge on any atom is 0.390 e. The molecule has 92 valence electrons. The molecule has 1 rings (SSSR count). The van der Waals surface area contributed by atoms with E-state index in [9.17, 15) is 13.2 Å². The van der Waals surface area contributed by atoms with Crippen molar-refractivity contribution in [3.63, 3.8) is 0 Å². The van der Waals surface area contributed by atoms with Crippen molar-refractivity contribution in [2.75, 3.05) is 0 Å². The molecule has 1 aromatic heterocycles. The van der Waals surface area contributed by atoms with E-state index in [0.29, 0.717) is 0 Å². The second kappa shape index (κ2) is 5.14. The lowest BCUT2D eigenvalue weighted by molar-refractivity contribution is -0.139. The molecule has 2 unspecified atom stereocenters. The van der Waals surface area contributed by atoms with E-state index in [-0.39, 0.29) is 6.04 Å². The summed E-state index contributed by atoms with van der Waals surface area (Å²) in [5.41, 5.74) is 0. The summed E-state index contributed by atoms with van der Waals surface area (Å²) in [7, 11) is 0. The summed E-state index contributed by atoms with van der Waals surface area (Å²) in [6.07, 6.45) is -3.21. The number of aromatic nitrogens is 1. The third kappa shape index (κ3) is 4.49. The Bertz CT molecular complexity index is 335. The average Bonchev–Trinajstić information content (AvgIpc) is 2.47. The van der Waals surface area contributed by atoms with E-state index in [0.717, 1.165) is 9.88 Å². The number of hydrogen-bond acceptors (Lipinski definition) is 3. The van der Waals surface area contributed by atoms with Gasteiger partial charge in [0.1, 0.15) is 5.01 Å². The Labute approximate surface area is 96.9 Å². The lowest BCUT2D eigenvalue weighted by Gasteiger charge is -2.19. The molecule has 0 saturated carbocycles. The molecule has 0 bridgehead atoms. The van der Waals surface area contributed by atoms with E-state index >= 15 is 0 Å². The van der Waals surface area contributed by atoms with Crippen molar-refractivity contribution >= 4 is 11.3 Å². The van der Waals surface area contributed by atoms with Crippen molar-refractivity contribution in [3.05, 3.63) is 16.1 Å². The minimum atomic E-state index is -4.12. The van der Waals surface area contributed by atoms with E-state index in [1.165, 1.54) is 18.3 Å². The minimum Gasteiger partial charge on any atom is -0.305 e. The molecule has 0 saturated heterocycles. The first-order valence-corrected chi connectivity index (χ1v) is 5.84. The molecule has 0 radical (unpaired) electrons. The number of thiazole rings is 1. The van der Waals surface area contributed by atoms with Gasteiger partial charge in [0.15, 0.2) is 0 Å². The zero-order valence-corrected chi connectivity index (χ0v) is 10.2. The van der Waals surface area contributed by atoms with Crippen LogP contribution in [0.25, 0.3) is 0 Å². The molecule has 0 aromatic carbocycles. The SMILES string of the molecule is Cc1cnc(C(C)NC(C)CC(F)(F)F)s1. The number of halogens is 3. The van der Waals surface area contributed by atoms with Gasteiger partial charge in [0.2, 0.25) is 0 Å². The van der Waals surface area contributed by atoms with Crippen molar-refractivity contribution in [1.29, 1.82) is 0 Å². The highest BCUT2D eigenvalue weighted by Crippen LogP contribution is 2.24. The number of nitrogens with one attached hydrogen (secondary N) is 1. The van der Waals surface area contributed by atoms with Gasteiger partial charge < -0.3 is 5.32 Å². The van der Waals surface area contributed by atoms with Gasteiger partial charge in [-0.1, -0.05) is 0 Å². The van der Waals surface area contributed by atoms with Crippen LogP contribution in [0.2, 0.25) is 0 Å². The van der Waals surface area contributed by atoms with E-state index in [2.05, 4.69) is 10.3 Å². The Hall–Kier alpha value is -0.620. The summed E-state index contributed by atoms with van der Waals surface area (Å²) in [5.74, 6) is 0. The van der Waals surface area contributed by atoms with E-state index in [1.807, 2.05) is 13.8 Å². The summed E-state index contributed by atoms with van der Waals surface area (Å²) in [5, 5.41) is 3.72. The lowest BCUT2D eigenvalue weighted by Crippen LogP contribution is -2.33. The van der Waals surface area contributed by atoms with Crippen LogP contribution >= 0.6 is 11.3 Å². The van der Waals surface area contributed by atoms with E-state index in [1.54, 1.807) is 6.20 Å². The molecule has 1 heterocycles. The van der Waals surface area contributed by atoms with Gasteiger partial charge in [-0.15, -0.1) is 11.3 Å². The number of hydrogen-bond donors (Lipinski definition) is 1. The number of nitrogens with zero attached hydrogens (tertiary/aromatic N) is 1. The maximum absolute atomic E-state index is 12.1. The third-order valence-electron chi connectivity index (χ3n) is 2.08. The molecule has 1 aromatic rings. The molecule has 16 heavy (non-hydrogen) atoms. The molecule has 0 aliphatic carbocycles. The minimum absolute atomic E-state index is 0.143. The molecule has 0 spiro atoms. The monoisotopic (exact) mass is 252 g/mol. The van der Waals surface area contributed by atoms with Crippen molar-refractivity contribution in [2.24, 2.45) is 0 Å². The first-order valence-electron chi connectivity index (χ1n) is 5.03. The van der Waals surface area contributed by atoms with Gasteiger partial charge in [-0.25, -0.2) is 4.98 Å². The van der Waals surface area contributed by atoms with Gasteiger partial charge >= 0.3 is 6.18 Å². The predicted molar refractivity (Wildman–Crippen MR) is 58.5 cm³/mol. The van der Waals surface area contributed by atoms with Crippen LogP contribution in [0.15, 0.2) is 6.20 Å². The van der Waals surface area contributed by atoms with Gasteiger partial charge in [0.05, 0.1) is 12.5 Å². The zero-order chi connectivity index (χ0) is 12.3. The van der Waals surface area contributed by atoms with Gasteiger partial charge in [-0.2, -0.15) is 13.2 Å². The molecule has 6 heteroatoms. The summed E-state index contributed by atoms with van der Waals surface area (Å²) in [6.45, 7) is 5.28. The van der Waals surface area contributed by atoms with Crippen LogP contribution < -0.4 is 5.32 Å². The van der Waals surface area contributed by atoms with Crippen molar-refractivity contribution in [1.82, 2.24) is 10.3 Å². The Morgan fingerprint density at radius 1 is 1.44 bits per heavy atom. The van der Waals surface area contributed by atoms with Crippen LogP contribution in [0.1, 0.15) is 36.2 Å². The smallest absolute Gasteiger partial charge is 0.305 e. The fraction of sp³-hybridized carbons (Fsp3) is 0.700. The second-order valence-corrected chi connectivity index (χ2v) is 5.18. The molecule has 0 amide bonds. The Morgan fingerprint density at radius 3 is 2.50 bits per heavy atom. The fourth-order valence-electron chi connectivity index (χ4n) is 1.48. The van der Waals surface area contributed by atoms with E-state index < -0.39 is 18.6 Å². The molecule has 2 atom stereocenters. The Balaban J connectivity index is 2.48. The van der Waals surface area contributed by atoms with Crippen LogP contribution in [-0.4, -0.2) is 17.2 Å². The van der Waals surface area contributed by atoms with Crippen LogP contribution in [0, 0.1) is 6.92 Å². The quantitative estimate of drug-likeness (QED) is 0.887. The predicted octanol–water partition coefficient (Wildman–Crippen LogP) is 3.44. The normalized spacial score (nSPS) is 16.1. The topological polar surface area (TPSA) is 24.9 Å². The number of alkyl halides is 3. The molecular weight excluding hydrogens is 237 g/mol. The van der Waals surface area contributed by atoms with Crippen molar-refractivity contribution in [3.8, 4) is 0 Å². The molecule has 0 aliphatic heterocycles. The van der Waals surface area contributed by atoms with Gasteiger partial charge in [-0.3, -0.25) is 0 Å². The highest BCUT2D eigenvalue weighted by Gasteiger charge is 2.30. The fourth-order valence-corrected chi connectivity index (χ4v) is 2.26. The summed E-state index contributed by atoms with van der Waals surface area (Å²) in [6, 6.07) is -0.741. The highest BCUT2D eigenvalue weighted by molar-refractivity contribution is 7.11. The first kappa shape index (κ1) is 13.4. The first-order chi connectivity index (χ1) is 7.28. The maximum atomic E-state index is 12.1. The van der Waals surface area contributed by atoms with E-state index in [4.69, 9.17) is 0 Å². The molecule has 0 aliphatic rings. The van der Waals surface area contributed by atoms with Crippen LogP contribution in [-0.2, 0) is 0 Å². The molecule has 1 N–H and O–H groups in total. The average molecular weight is 252 g/mol. The lowest BCUT2D eigenvalue weighted by atomic mass is 10.2. The summed E-state index contributed by atoms with van der Waals surface area (Å²) in [4.78, 5) is 5.20. The largest absolute Gasteiger partial charge is 0.390 e. The number of aryl methyl sites for hydroxylation is 1. The van der Waals surface area contributed by atoms with Crippen LogP contribution in [0.3, 0.4) is 0 Å². The molecule has 0 fully saturated rings. The number of rotatable bonds is 4. The highest BCUT2D eigenvalue weighted by atomic mass is 32.1. The Kier molecular flexibility index (Phi) is 4.32.